The van der Waals surface area contributed by atoms with Crippen LogP contribution in [0.5, 0.6) is 11.5 Å². The Morgan fingerprint density at radius 2 is 1.19 bits per heavy atom. The average molecular weight is 1190 g/mol. The molecule has 9 aromatic carbocycles. The predicted octanol–water partition coefficient (Wildman–Crippen LogP) is 13.2. The fourth-order valence-corrected chi connectivity index (χ4v) is 13.5. The molecule has 12 aromatic rings. The molecule has 0 aliphatic rings. The number of benzene rings is 9. The van der Waals surface area contributed by atoms with Crippen LogP contribution in [0.3, 0.4) is 0 Å². The standard InChI is InChI=1S/C68H56N4OSi.Pt/c1-67(2,3)49-41-42-69-65(43-49)72-61-36-20-19-33-58(61)59-39-37-52(45-63(59)72)73-51-26-21-25-50(44-51)70-47-71(66-57(48-23-11-7-12-24-48)34-22-35-60(66)68(4,5)6)62-40-38-56(46-64(62)70)74(53-27-13-8-14-28-53,54-29-15-9-16-30-54)55-31-17-10-18-32-55;/h7-43,46H,1-6H3;/q-2;/i7D,8D,9D,10D,11D,12D,13D,14D,15D,16D,17D,18D,23D,24D,27D,28D,29D,30D,31D,32D;. The summed E-state index contributed by atoms with van der Waals surface area (Å²) in [6.07, 6.45) is 5.22. The molecule has 0 bridgehead atoms. The SMILES string of the molecule is [2H]c1c([2H])c([2H])c(-c2cccc(C(C)(C)C)c2-[n+]2[c-]n(-c3[c-]c(Oc4[c-]c5c(cc4)c4ccccc4n5-c4cc(C(C)(C)C)ccn4)ccc3)c3cc([Si](c4c([2H])c([2H])c([2H])c([2H])c4[2H])(c4c([2H])c([2H])c([2H])c([2H])c4[2H])c4c([2H])c([2H])c([2H])c([2H])c4[2H])ccc32)c([2H])c1[2H].[Pt]. The van der Waals surface area contributed by atoms with E-state index in [1.165, 1.54) is 22.8 Å². The van der Waals surface area contributed by atoms with Crippen LogP contribution in [0, 0.1) is 18.5 Å². The first kappa shape index (κ1) is 31.1. The Labute approximate surface area is 483 Å². The van der Waals surface area contributed by atoms with Gasteiger partial charge in [0.15, 0.2) is 8.07 Å². The molecule has 0 fully saturated rings. The number of aromatic nitrogens is 4. The second-order valence-electron chi connectivity index (χ2n) is 19.8. The van der Waals surface area contributed by atoms with Crippen LogP contribution in [0.1, 0.15) is 80.1 Å². The Morgan fingerprint density at radius 3 is 1.84 bits per heavy atom. The second-order valence-corrected chi connectivity index (χ2v) is 23.3. The average Bonchev–Trinajstić information content (AvgIpc) is 0.696. The maximum atomic E-state index is 9.76. The van der Waals surface area contributed by atoms with E-state index in [0.29, 0.717) is 16.9 Å². The molecule has 0 atom stereocenters. The Morgan fingerprint density at radius 1 is 0.560 bits per heavy atom. The van der Waals surface area contributed by atoms with E-state index in [9.17, 15) is 11.0 Å². The summed E-state index contributed by atoms with van der Waals surface area (Å²) in [5, 5.41) is -0.473. The van der Waals surface area contributed by atoms with E-state index in [0.717, 1.165) is 21.9 Å². The minimum absolute atomic E-state index is 0. The van der Waals surface area contributed by atoms with Crippen molar-refractivity contribution in [3.05, 3.63) is 260 Å². The largest absolute Gasteiger partial charge is 0.510 e. The van der Waals surface area contributed by atoms with Crippen molar-refractivity contribution in [2.45, 2.75) is 52.4 Å². The minimum Gasteiger partial charge on any atom is -0.510 e. The van der Waals surface area contributed by atoms with Crippen molar-refractivity contribution in [3.8, 4) is 39.8 Å². The van der Waals surface area contributed by atoms with Crippen molar-refractivity contribution < 1.29 is 57.8 Å². The summed E-state index contributed by atoms with van der Waals surface area (Å²) in [6, 6.07) is 20.1. The van der Waals surface area contributed by atoms with Gasteiger partial charge in [-0.1, -0.05) is 223 Å². The van der Waals surface area contributed by atoms with Crippen LogP contribution in [0.25, 0.3) is 61.2 Å². The van der Waals surface area contributed by atoms with E-state index in [1.807, 2.05) is 73.9 Å². The molecule has 0 spiro atoms. The second kappa shape index (κ2) is 19.8. The molecule has 0 unspecified atom stereocenters. The number of ether oxygens (including phenoxy) is 1. The quantitative estimate of drug-likeness (QED) is 0.0592. The number of fused-ring (bicyclic) bond motifs is 4. The maximum Gasteiger partial charge on any atom is 0.268 e. The molecule has 7 heteroatoms. The van der Waals surface area contributed by atoms with Crippen LogP contribution >= 0.6 is 0 Å². The van der Waals surface area contributed by atoms with Gasteiger partial charge in [-0.2, -0.15) is 18.2 Å². The van der Waals surface area contributed by atoms with Crippen LogP contribution in [0.4, 0.5) is 0 Å². The van der Waals surface area contributed by atoms with Gasteiger partial charge in [0.25, 0.3) is 6.33 Å². The number of para-hydroxylation sites is 2. The molecule has 370 valence electrons. The molecule has 0 radical (unpaired) electrons. The molecule has 0 aliphatic carbocycles. The predicted molar refractivity (Wildman–Crippen MR) is 306 cm³/mol. The Bertz CT molecular complexity index is 4970. The molecule has 0 saturated carbocycles. The zero-order valence-electron chi connectivity index (χ0n) is 61.4. The van der Waals surface area contributed by atoms with Crippen LogP contribution in [-0.2, 0) is 31.9 Å². The molecule has 75 heavy (non-hydrogen) atoms. The van der Waals surface area contributed by atoms with Gasteiger partial charge in [-0.15, -0.1) is 29.7 Å². The van der Waals surface area contributed by atoms with E-state index >= 15 is 0 Å². The zero-order valence-corrected chi connectivity index (χ0v) is 44.7. The fraction of sp³-hybridized carbons (Fsp3) is 0.118. The molecule has 0 saturated heterocycles. The normalized spacial score (nSPS) is 15.8. The zero-order chi connectivity index (χ0) is 68.0. The summed E-state index contributed by atoms with van der Waals surface area (Å²) < 4.78 is 196. The first-order valence-corrected chi connectivity index (χ1v) is 25.8. The number of hydrogen-bond donors (Lipinski definition) is 0. The summed E-state index contributed by atoms with van der Waals surface area (Å²) in [6.45, 7) is 12.1. The third kappa shape index (κ3) is 8.86. The third-order valence-corrected chi connectivity index (χ3v) is 17.3. The van der Waals surface area contributed by atoms with Crippen molar-refractivity contribution in [1.82, 2.24) is 14.1 Å². The van der Waals surface area contributed by atoms with Crippen LogP contribution in [0.2, 0.25) is 0 Å². The summed E-state index contributed by atoms with van der Waals surface area (Å²) in [5.74, 6) is 1.06. The van der Waals surface area contributed by atoms with E-state index in [2.05, 4.69) is 39.2 Å². The van der Waals surface area contributed by atoms with E-state index in [4.69, 9.17) is 26.2 Å². The van der Waals surface area contributed by atoms with Crippen LogP contribution < -0.4 is 30.1 Å². The summed E-state index contributed by atoms with van der Waals surface area (Å²) in [5.41, 5.74) is 2.91. The Balaban J connectivity index is 0.00000919. The smallest absolute Gasteiger partial charge is 0.268 e. The van der Waals surface area contributed by atoms with Gasteiger partial charge in [-0.05, 0) is 83.1 Å². The Hall–Kier alpha value is -7.89. The molecule has 12 rings (SSSR count). The maximum absolute atomic E-state index is 9.76. The Kier molecular flexibility index (Phi) is 8.19. The van der Waals surface area contributed by atoms with E-state index in [1.54, 1.807) is 47.2 Å². The molecule has 3 heterocycles. The molecule has 3 aromatic heterocycles. The third-order valence-electron chi connectivity index (χ3n) is 13.2. The molecular formula is C68H56N4OPtSi-2. The van der Waals surface area contributed by atoms with Crippen molar-refractivity contribution in [2.24, 2.45) is 0 Å². The van der Waals surface area contributed by atoms with Gasteiger partial charge in [-0.25, -0.2) is 4.98 Å². The summed E-state index contributed by atoms with van der Waals surface area (Å²) >= 11 is 0. The van der Waals surface area contributed by atoms with E-state index in [-0.39, 0.29) is 76.7 Å². The molecule has 5 nitrogen and oxygen atoms in total. The van der Waals surface area contributed by atoms with E-state index < -0.39 is 150 Å². The van der Waals surface area contributed by atoms with Gasteiger partial charge in [0.05, 0.1) is 44.1 Å². The first-order chi connectivity index (χ1) is 44.2. The first-order valence-electron chi connectivity index (χ1n) is 33.8. The summed E-state index contributed by atoms with van der Waals surface area (Å²) in [4.78, 5) is 4.81. The molecule has 0 N–H and O–H groups in total. The number of pyridine rings is 1. The van der Waals surface area contributed by atoms with Gasteiger partial charge in [0, 0.05) is 44.3 Å². The molecule has 0 aliphatic heterocycles. The topological polar surface area (TPSA) is 35.9 Å². The van der Waals surface area contributed by atoms with Gasteiger partial charge >= 0.3 is 0 Å². The van der Waals surface area contributed by atoms with Gasteiger partial charge in [0.2, 0.25) is 0 Å². The number of rotatable bonds is 10. The summed E-state index contributed by atoms with van der Waals surface area (Å²) in [7, 11) is -5.70. The molecule has 0 amide bonds. The fourth-order valence-electron chi connectivity index (χ4n) is 9.71. The van der Waals surface area contributed by atoms with Crippen molar-refractivity contribution in [3.63, 3.8) is 0 Å². The minimum atomic E-state index is -5.70. The van der Waals surface area contributed by atoms with Gasteiger partial charge in [0.1, 0.15) is 5.82 Å². The van der Waals surface area contributed by atoms with Gasteiger partial charge in [-0.3, -0.25) is 4.57 Å². The number of hydrogen-bond acceptors (Lipinski definition) is 2. The van der Waals surface area contributed by atoms with Crippen molar-refractivity contribution in [2.75, 3.05) is 0 Å². The van der Waals surface area contributed by atoms with Crippen LogP contribution in [-0.4, -0.2) is 22.2 Å². The van der Waals surface area contributed by atoms with Crippen LogP contribution in [0.15, 0.2) is 230 Å². The van der Waals surface area contributed by atoms with Gasteiger partial charge < -0.3 is 13.9 Å². The van der Waals surface area contributed by atoms with Crippen molar-refractivity contribution >= 4 is 61.7 Å². The number of nitrogens with zero attached hydrogens (tertiary/aromatic N) is 4. The number of imidazole rings is 1. The van der Waals surface area contributed by atoms with Crippen molar-refractivity contribution in [1.29, 1.82) is 0 Å². The monoisotopic (exact) mass is 1190 g/mol. The molecular weight excluding hydrogens is 1110 g/mol.